The molecule has 1 aromatic carbocycles. The molecule has 2 aliphatic rings. The number of hydrogen-bond donors (Lipinski definition) is 1. The van der Waals surface area contributed by atoms with Crippen molar-refractivity contribution in [2.75, 3.05) is 0 Å². The molecule has 114 valence electrons. The summed E-state index contributed by atoms with van der Waals surface area (Å²) in [4.78, 5) is 15.0. The first-order chi connectivity index (χ1) is 9.98. The van der Waals surface area contributed by atoms with Gasteiger partial charge in [0.1, 0.15) is 11.7 Å². The van der Waals surface area contributed by atoms with Gasteiger partial charge in [0.15, 0.2) is 0 Å². The zero-order valence-electron chi connectivity index (χ0n) is 12.9. The minimum absolute atomic E-state index is 0.0500. The molecule has 3 nitrogen and oxygen atoms in total. The lowest BCUT2D eigenvalue weighted by Crippen LogP contribution is -2.43. The van der Waals surface area contributed by atoms with E-state index in [1.54, 1.807) is 0 Å². The lowest BCUT2D eigenvalue weighted by atomic mass is 9.98. The average molecular weight is 307 g/mol. The van der Waals surface area contributed by atoms with Gasteiger partial charge < -0.3 is 4.90 Å². The molecule has 0 bridgehead atoms. The number of rotatable bonds is 4. The van der Waals surface area contributed by atoms with Crippen LogP contribution in [0.15, 0.2) is 24.3 Å². The zero-order chi connectivity index (χ0) is 15.2. The highest BCUT2D eigenvalue weighted by atomic mass is 35.5. The third kappa shape index (κ3) is 2.47. The Labute approximate surface area is 131 Å². The van der Waals surface area contributed by atoms with Crippen molar-refractivity contribution < 1.29 is 4.79 Å². The molecular formula is C17H23ClN2O. The molecule has 1 saturated carbocycles. The van der Waals surface area contributed by atoms with Crippen LogP contribution in [0.1, 0.15) is 51.8 Å². The second-order valence-electron chi connectivity index (χ2n) is 6.62. The first kappa shape index (κ1) is 14.9. The Bertz CT molecular complexity index is 553. The summed E-state index contributed by atoms with van der Waals surface area (Å²) in [5.74, 6) is 0.712. The van der Waals surface area contributed by atoms with Crippen LogP contribution in [0.5, 0.6) is 0 Å². The van der Waals surface area contributed by atoms with Gasteiger partial charge in [0.25, 0.3) is 0 Å². The molecule has 1 heterocycles. The van der Waals surface area contributed by atoms with Crippen LogP contribution in [0, 0.1) is 5.92 Å². The first-order valence-electron chi connectivity index (χ1n) is 7.84. The van der Waals surface area contributed by atoms with Gasteiger partial charge in [-0.3, -0.25) is 10.1 Å². The number of nitrogens with one attached hydrogen (secondary N) is 1. The van der Waals surface area contributed by atoms with Crippen molar-refractivity contribution in [2.24, 2.45) is 5.92 Å². The molecule has 1 aliphatic heterocycles. The molecule has 1 aliphatic carbocycles. The van der Waals surface area contributed by atoms with E-state index in [2.05, 4.69) is 37.1 Å². The number of nitrogens with zero attached hydrogens (tertiary/aromatic N) is 1. The fourth-order valence-corrected chi connectivity index (χ4v) is 3.69. The zero-order valence-corrected chi connectivity index (χ0v) is 13.7. The van der Waals surface area contributed by atoms with Gasteiger partial charge in [0, 0.05) is 11.1 Å². The maximum Gasteiger partial charge on any atom is 0.244 e. The predicted molar refractivity (Wildman–Crippen MR) is 85.1 cm³/mol. The first-order valence-corrected chi connectivity index (χ1v) is 8.22. The second kappa shape index (κ2) is 5.29. The molecule has 1 spiro atoms. The SMILES string of the molecule is CCC(C(C)C)N1C(=O)C2(CC2)NC1c1cccc(Cl)c1. The van der Waals surface area contributed by atoms with E-state index in [1.807, 2.05) is 18.2 Å². The monoisotopic (exact) mass is 306 g/mol. The standard InChI is InChI=1S/C17H23ClN2O/c1-4-14(11(2)3)20-15(12-6-5-7-13(18)10-12)19-17(8-9-17)16(20)21/h5-7,10-11,14-15,19H,4,8-9H2,1-3H3. The van der Waals surface area contributed by atoms with Gasteiger partial charge >= 0.3 is 0 Å². The molecule has 0 aromatic heterocycles. The van der Waals surface area contributed by atoms with Gasteiger partial charge in [-0.25, -0.2) is 0 Å². The Hall–Kier alpha value is -1.06. The van der Waals surface area contributed by atoms with E-state index in [9.17, 15) is 4.79 Å². The quantitative estimate of drug-likeness (QED) is 0.919. The molecule has 0 radical (unpaired) electrons. The van der Waals surface area contributed by atoms with Gasteiger partial charge in [-0.15, -0.1) is 0 Å². The van der Waals surface area contributed by atoms with E-state index in [0.717, 1.165) is 29.8 Å². The Morgan fingerprint density at radius 1 is 1.43 bits per heavy atom. The Balaban J connectivity index is 1.98. The minimum atomic E-state index is -0.296. The summed E-state index contributed by atoms with van der Waals surface area (Å²) in [5, 5.41) is 4.29. The summed E-state index contributed by atoms with van der Waals surface area (Å²) < 4.78 is 0. The maximum atomic E-state index is 12.9. The van der Waals surface area contributed by atoms with Crippen molar-refractivity contribution in [2.45, 2.75) is 57.8 Å². The molecule has 1 saturated heterocycles. The highest BCUT2D eigenvalue weighted by molar-refractivity contribution is 6.30. The smallest absolute Gasteiger partial charge is 0.244 e. The molecule has 21 heavy (non-hydrogen) atoms. The largest absolute Gasteiger partial charge is 0.318 e. The van der Waals surface area contributed by atoms with Crippen LogP contribution >= 0.6 is 11.6 Å². The van der Waals surface area contributed by atoms with E-state index >= 15 is 0 Å². The van der Waals surface area contributed by atoms with E-state index in [4.69, 9.17) is 11.6 Å². The van der Waals surface area contributed by atoms with Gasteiger partial charge in [-0.2, -0.15) is 0 Å². The van der Waals surface area contributed by atoms with E-state index in [1.165, 1.54) is 0 Å². The molecule has 2 unspecified atom stereocenters. The summed E-state index contributed by atoms with van der Waals surface area (Å²) in [6.07, 6.45) is 2.83. The molecule has 1 amide bonds. The van der Waals surface area contributed by atoms with Crippen molar-refractivity contribution in [3.63, 3.8) is 0 Å². The number of halogens is 1. The van der Waals surface area contributed by atoms with Gasteiger partial charge in [0.05, 0.1) is 0 Å². The van der Waals surface area contributed by atoms with Crippen molar-refractivity contribution in [1.29, 1.82) is 0 Å². The molecule has 2 fully saturated rings. The fraction of sp³-hybridized carbons (Fsp3) is 0.588. The second-order valence-corrected chi connectivity index (χ2v) is 7.05. The van der Waals surface area contributed by atoms with E-state index < -0.39 is 0 Å². The van der Waals surface area contributed by atoms with E-state index in [-0.39, 0.29) is 23.7 Å². The highest BCUT2D eigenvalue weighted by Crippen LogP contribution is 2.47. The third-order valence-corrected chi connectivity index (χ3v) is 5.03. The van der Waals surface area contributed by atoms with Crippen LogP contribution in [0.3, 0.4) is 0 Å². The van der Waals surface area contributed by atoms with Gasteiger partial charge in [-0.1, -0.05) is 44.5 Å². The topological polar surface area (TPSA) is 32.3 Å². The van der Waals surface area contributed by atoms with Crippen LogP contribution in [0.2, 0.25) is 5.02 Å². The van der Waals surface area contributed by atoms with Crippen LogP contribution in [-0.2, 0) is 4.79 Å². The normalized spacial score (nSPS) is 24.9. The number of hydrogen-bond acceptors (Lipinski definition) is 2. The lowest BCUT2D eigenvalue weighted by Gasteiger charge is -2.35. The van der Waals surface area contributed by atoms with Gasteiger partial charge in [0.2, 0.25) is 5.91 Å². The van der Waals surface area contributed by atoms with Crippen molar-refractivity contribution >= 4 is 17.5 Å². The molecule has 1 aromatic rings. The third-order valence-electron chi connectivity index (χ3n) is 4.79. The predicted octanol–water partition coefficient (Wildman–Crippen LogP) is 3.74. The maximum absolute atomic E-state index is 12.9. The molecule has 2 atom stereocenters. The highest BCUT2D eigenvalue weighted by Gasteiger charge is 2.60. The summed E-state index contributed by atoms with van der Waals surface area (Å²) in [7, 11) is 0. The number of benzene rings is 1. The molecule has 4 heteroatoms. The number of amides is 1. The summed E-state index contributed by atoms with van der Waals surface area (Å²) in [6, 6.07) is 8.11. The van der Waals surface area contributed by atoms with Crippen molar-refractivity contribution in [3.05, 3.63) is 34.9 Å². The van der Waals surface area contributed by atoms with Crippen molar-refractivity contribution in [1.82, 2.24) is 10.2 Å². The average Bonchev–Trinajstić information content (AvgIpc) is 3.16. The van der Waals surface area contributed by atoms with Crippen LogP contribution in [0.25, 0.3) is 0 Å². The van der Waals surface area contributed by atoms with Crippen LogP contribution in [-0.4, -0.2) is 22.4 Å². The minimum Gasteiger partial charge on any atom is -0.318 e. The molecule has 1 N–H and O–H groups in total. The van der Waals surface area contributed by atoms with Crippen molar-refractivity contribution in [3.8, 4) is 0 Å². The summed E-state index contributed by atoms with van der Waals surface area (Å²) in [6.45, 7) is 6.54. The number of carbonyl (C=O) groups excluding carboxylic acids is 1. The van der Waals surface area contributed by atoms with Crippen LogP contribution in [0.4, 0.5) is 0 Å². The molecule has 3 rings (SSSR count). The fourth-order valence-electron chi connectivity index (χ4n) is 3.49. The lowest BCUT2D eigenvalue weighted by molar-refractivity contribution is -0.134. The Morgan fingerprint density at radius 2 is 2.14 bits per heavy atom. The Kier molecular flexibility index (Phi) is 3.74. The summed E-state index contributed by atoms with van der Waals surface area (Å²) in [5.41, 5.74) is 0.786. The Morgan fingerprint density at radius 3 is 2.67 bits per heavy atom. The summed E-state index contributed by atoms with van der Waals surface area (Å²) >= 11 is 6.14. The van der Waals surface area contributed by atoms with Crippen LogP contribution < -0.4 is 5.32 Å². The number of carbonyl (C=O) groups is 1. The van der Waals surface area contributed by atoms with E-state index in [0.29, 0.717) is 5.92 Å². The van der Waals surface area contributed by atoms with Gasteiger partial charge in [-0.05, 0) is 42.9 Å². The molecular weight excluding hydrogens is 284 g/mol.